The van der Waals surface area contributed by atoms with Gasteiger partial charge in [0.2, 0.25) is 10.0 Å². The predicted molar refractivity (Wildman–Crippen MR) is 112 cm³/mol. The highest BCUT2D eigenvalue weighted by Gasteiger charge is 2.26. The Morgan fingerprint density at radius 3 is 2.46 bits per heavy atom. The second kappa shape index (κ2) is 9.60. The first-order chi connectivity index (χ1) is 13.2. The van der Waals surface area contributed by atoms with E-state index in [0.717, 1.165) is 5.56 Å². The van der Waals surface area contributed by atoms with Crippen molar-refractivity contribution >= 4 is 44.8 Å². The predicted octanol–water partition coefficient (Wildman–Crippen LogP) is 4.35. The van der Waals surface area contributed by atoms with Gasteiger partial charge in [0.15, 0.2) is 6.61 Å². The molecule has 0 aliphatic heterocycles. The van der Waals surface area contributed by atoms with E-state index in [9.17, 15) is 13.2 Å². The summed E-state index contributed by atoms with van der Waals surface area (Å²) in [5.74, 6) is -0.374. The number of halogens is 2. The van der Waals surface area contributed by atoms with E-state index in [4.69, 9.17) is 27.9 Å². The fraction of sp³-hybridized carbons (Fsp3) is 0.316. The largest absolute Gasteiger partial charge is 0.482 e. The first-order valence-corrected chi connectivity index (χ1v) is 10.9. The number of rotatable bonds is 8. The first-order valence-electron chi connectivity index (χ1n) is 8.68. The zero-order chi connectivity index (χ0) is 20.9. The number of hydrogen-bond donors (Lipinski definition) is 1. The highest BCUT2D eigenvalue weighted by molar-refractivity contribution is 7.89. The van der Waals surface area contributed by atoms with Crippen LogP contribution in [0.15, 0.2) is 41.3 Å². The molecular weight excluding hydrogens is 423 g/mol. The monoisotopic (exact) mass is 444 g/mol. The number of benzene rings is 2. The van der Waals surface area contributed by atoms with Gasteiger partial charge in [0.1, 0.15) is 10.6 Å². The topological polar surface area (TPSA) is 75.7 Å². The molecule has 0 atom stereocenters. The lowest BCUT2D eigenvalue weighted by molar-refractivity contribution is -0.118. The third kappa shape index (κ3) is 5.17. The molecule has 0 spiro atoms. The van der Waals surface area contributed by atoms with Crippen LogP contribution >= 0.6 is 23.2 Å². The van der Waals surface area contributed by atoms with Gasteiger partial charge >= 0.3 is 0 Å². The van der Waals surface area contributed by atoms with Gasteiger partial charge in [-0.05, 0) is 42.8 Å². The smallest absolute Gasteiger partial charge is 0.262 e. The summed E-state index contributed by atoms with van der Waals surface area (Å²) in [6.45, 7) is 5.51. The molecule has 6 nitrogen and oxygen atoms in total. The molecule has 2 aromatic rings. The Morgan fingerprint density at radius 1 is 1.14 bits per heavy atom. The molecule has 0 saturated heterocycles. The molecule has 0 bridgehead atoms. The summed E-state index contributed by atoms with van der Waals surface area (Å²) in [5, 5.41) is 3.49. The highest BCUT2D eigenvalue weighted by atomic mass is 35.5. The fourth-order valence-electron chi connectivity index (χ4n) is 2.58. The van der Waals surface area contributed by atoms with Gasteiger partial charge in [0, 0.05) is 28.8 Å². The summed E-state index contributed by atoms with van der Waals surface area (Å²) in [6.07, 6.45) is 0. The highest BCUT2D eigenvalue weighted by Crippen LogP contribution is 2.30. The number of ether oxygens (including phenoxy) is 1. The Balaban J connectivity index is 2.21. The van der Waals surface area contributed by atoms with Crippen molar-refractivity contribution in [1.29, 1.82) is 0 Å². The maximum absolute atomic E-state index is 12.9. The van der Waals surface area contributed by atoms with Crippen LogP contribution in [0.3, 0.4) is 0 Å². The minimum Gasteiger partial charge on any atom is -0.482 e. The molecule has 0 aromatic heterocycles. The van der Waals surface area contributed by atoms with E-state index in [2.05, 4.69) is 5.32 Å². The third-order valence-electron chi connectivity index (χ3n) is 4.13. The van der Waals surface area contributed by atoms with Gasteiger partial charge in [0.25, 0.3) is 5.91 Å². The van der Waals surface area contributed by atoms with E-state index >= 15 is 0 Å². The summed E-state index contributed by atoms with van der Waals surface area (Å²) < 4.78 is 32.5. The molecule has 28 heavy (non-hydrogen) atoms. The average Bonchev–Trinajstić information content (AvgIpc) is 2.65. The van der Waals surface area contributed by atoms with Gasteiger partial charge in [-0.25, -0.2) is 8.42 Å². The molecule has 0 radical (unpaired) electrons. The normalized spacial score (nSPS) is 11.5. The van der Waals surface area contributed by atoms with E-state index in [1.165, 1.54) is 22.5 Å². The van der Waals surface area contributed by atoms with Gasteiger partial charge in [-0.15, -0.1) is 0 Å². The van der Waals surface area contributed by atoms with Crippen LogP contribution in [0.25, 0.3) is 0 Å². The van der Waals surface area contributed by atoms with Gasteiger partial charge in [0.05, 0.1) is 0 Å². The molecule has 0 unspecified atom stereocenters. The van der Waals surface area contributed by atoms with E-state index < -0.39 is 15.9 Å². The molecule has 2 aromatic carbocycles. The van der Waals surface area contributed by atoms with Crippen LogP contribution in [0, 0.1) is 6.92 Å². The van der Waals surface area contributed by atoms with Crippen molar-refractivity contribution in [3.05, 3.63) is 52.0 Å². The number of nitrogens with one attached hydrogen (secondary N) is 1. The fourth-order valence-corrected chi connectivity index (χ4v) is 4.60. The van der Waals surface area contributed by atoms with Gasteiger partial charge in [-0.2, -0.15) is 4.31 Å². The van der Waals surface area contributed by atoms with Crippen LogP contribution in [0.2, 0.25) is 10.0 Å². The summed E-state index contributed by atoms with van der Waals surface area (Å²) in [7, 11) is -3.80. The van der Waals surface area contributed by atoms with E-state index in [1.54, 1.807) is 39.0 Å². The molecule has 152 valence electrons. The van der Waals surface area contributed by atoms with Crippen molar-refractivity contribution in [3.8, 4) is 5.75 Å². The van der Waals surface area contributed by atoms with Crippen molar-refractivity contribution in [2.45, 2.75) is 25.7 Å². The van der Waals surface area contributed by atoms with Crippen LogP contribution in [0.5, 0.6) is 5.75 Å². The molecule has 0 saturated carbocycles. The number of nitrogens with zero attached hydrogens (tertiary/aromatic N) is 1. The number of anilines is 1. The molecule has 1 amide bonds. The molecule has 0 aliphatic carbocycles. The Bertz CT molecular complexity index is 960. The molecule has 0 aliphatic rings. The van der Waals surface area contributed by atoms with Crippen molar-refractivity contribution in [2.75, 3.05) is 25.0 Å². The van der Waals surface area contributed by atoms with E-state index in [0.29, 0.717) is 23.8 Å². The third-order valence-corrected chi connectivity index (χ3v) is 6.85. The first kappa shape index (κ1) is 22.5. The molecular formula is C19H22Cl2N2O4S. The number of carbonyl (C=O) groups is 1. The molecule has 0 fully saturated rings. The standard InChI is InChI=1S/C19H22Cl2N2O4S/c1-4-23(5-2)28(25,26)18-11-14(20)9-10-17(18)27-12-19(24)22-16-8-6-7-15(21)13(16)3/h6-11H,4-5,12H2,1-3H3,(H,22,24). The Morgan fingerprint density at radius 2 is 1.82 bits per heavy atom. The molecule has 1 N–H and O–H groups in total. The summed E-state index contributed by atoms with van der Waals surface area (Å²) in [5.41, 5.74) is 1.29. The lowest BCUT2D eigenvalue weighted by Crippen LogP contribution is -2.31. The summed E-state index contributed by atoms with van der Waals surface area (Å²) in [6, 6.07) is 9.44. The van der Waals surface area contributed by atoms with Crippen LogP contribution in [-0.4, -0.2) is 38.3 Å². The van der Waals surface area contributed by atoms with Crippen molar-refractivity contribution in [1.82, 2.24) is 4.31 Å². The quantitative estimate of drug-likeness (QED) is 0.656. The minimum absolute atomic E-state index is 0.0641. The summed E-state index contributed by atoms with van der Waals surface area (Å²) >= 11 is 12.0. The second-order valence-electron chi connectivity index (χ2n) is 5.93. The van der Waals surface area contributed by atoms with Gasteiger partial charge < -0.3 is 10.1 Å². The maximum atomic E-state index is 12.9. The van der Waals surface area contributed by atoms with Crippen LogP contribution in [0.1, 0.15) is 19.4 Å². The number of hydrogen-bond acceptors (Lipinski definition) is 4. The van der Waals surface area contributed by atoms with Crippen LogP contribution < -0.4 is 10.1 Å². The van der Waals surface area contributed by atoms with Crippen molar-refractivity contribution in [2.24, 2.45) is 0 Å². The Labute approximate surface area is 175 Å². The second-order valence-corrected chi connectivity index (χ2v) is 8.68. The maximum Gasteiger partial charge on any atom is 0.262 e. The van der Waals surface area contributed by atoms with E-state index in [1.807, 2.05) is 0 Å². The number of amides is 1. The Hall–Kier alpha value is -1.80. The zero-order valence-corrected chi connectivity index (χ0v) is 18.2. The van der Waals surface area contributed by atoms with E-state index in [-0.39, 0.29) is 22.3 Å². The average molecular weight is 445 g/mol. The van der Waals surface area contributed by atoms with Gasteiger partial charge in [-0.1, -0.05) is 43.1 Å². The number of carbonyl (C=O) groups excluding carboxylic acids is 1. The zero-order valence-electron chi connectivity index (χ0n) is 15.8. The van der Waals surface area contributed by atoms with Crippen molar-refractivity contribution < 1.29 is 17.9 Å². The summed E-state index contributed by atoms with van der Waals surface area (Å²) in [4.78, 5) is 12.2. The van der Waals surface area contributed by atoms with Crippen LogP contribution in [0.4, 0.5) is 5.69 Å². The lowest BCUT2D eigenvalue weighted by Gasteiger charge is -2.20. The molecule has 2 rings (SSSR count). The molecule has 0 heterocycles. The Kier molecular flexibility index (Phi) is 7.71. The SMILES string of the molecule is CCN(CC)S(=O)(=O)c1cc(Cl)ccc1OCC(=O)Nc1cccc(Cl)c1C. The number of sulfonamides is 1. The van der Waals surface area contributed by atoms with Crippen LogP contribution in [-0.2, 0) is 14.8 Å². The molecule has 9 heteroatoms. The van der Waals surface area contributed by atoms with Crippen molar-refractivity contribution in [3.63, 3.8) is 0 Å². The lowest BCUT2D eigenvalue weighted by atomic mass is 10.2. The van der Waals surface area contributed by atoms with Gasteiger partial charge in [-0.3, -0.25) is 4.79 Å². The minimum atomic E-state index is -3.80.